The van der Waals surface area contributed by atoms with Crippen LogP contribution in [-0.4, -0.2) is 54.1 Å². The molecule has 3 aromatic carbocycles. The predicted molar refractivity (Wildman–Crippen MR) is 140 cm³/mol. The molecular weight excluding hydrogens is 456 g/mol. The summed E-state index contributed by atoms with van der Waals surface area (Å²) in [5, 5.41) is 20.1. The summed E-state index contributed by atoms with van der Waals surface area (Å²) in [6.45, 7) is 3.62. The molecule has 3 rings (SSSR count). The zero-order chi connectivity index (χ0) is 26.1. The van der Waals surface area contributed by atoms with Gasteiger partial charge in [-0.3, -0.25) is 14.4 Å². The number of hydrogen-bond donors (Lipinski definition) is 5. The van der Waals surface area contributed by atoms with E-state index in [0.29, 0.717) is 5.56 Å². The quantitative estimate of drug-likeness (QED) is 0.279. The van der Waals surface area contributed by atoms with Gasteiger partial charge in [0.25, 0.3) is 5.91 Å². The fourth-order valence-electron chi connectivity index (χ4n) is 3.85. The van der Waals surface area contributed by atoms with E-state index in [0.717, 1.165) is 16.3 Å². The van der Waals surface area contributed by atoms with Gasteiger partial charge in [0, 0.05) is 25.1 Å². The highest BCUT2D eigenvalue weighted by atomic mass is 16.3. The molecule has 0 aromatic heterocycles. The summed E-state index contributed by atoms with van der Waals surface area (Å²) in [5.41, 5.74) is 6.75. The average Bonchev–Trinajstić information content (AvgIpc) is 2.89. The molecule has 0 aliphatic rings. The minimum Gasteiger partial charge on any atom is -0.390 e. The molecule has 0 heterocycles. The van der Waals surface area contributed by atoms with Crippen molar-refractivity contribution in [3.63, 3.8) is 0 Å². The van der Waals surface area contributed by atoms with Crippen LogP contribution in [0.1, 0.15) is 29.8 Å². The van der Waals surface area contributed by atoms with E-state index in [9.17, 15) is 19.5 Å². The second kappa shape index (κ2) is 12.8. The van der Waals surface area contributed by atoms with Crippen LogP contribution in [0.25, 0.3) is 10.8 Å². The SMILES string of the molecule is CC(C)C(NC(=O)c1ccccc1)C(=O)NC(Cc1ccc2ccccc2c1)C(=O)NCC(O)CN. The lowest BCUT2D eigenvalue weighted by molar-refractivity contribution is -0.130. The molecule has 8 nitrogen and oxygen atoms in total. The van der Waals surface area contributed by atoms with Crippen LogP contribution in [0.3, 0.4) is 0 Å². The second-order valence-corrected chi connectivity index (χ2v) is 9.14. The van der Waals surface area contributed by atoms with Gasteiger partial charge in [-0.2, -0.15) is 0 Å². The number of aliphatic hydroxyl groups excluding tert-OH is 1. The van der Waals surface area contributed by atoms with Crippen LogP contribution in [0.2, 0.25) is 0 Å². The number of benzene rings is 3. The van der Waals surface area contributed by atoms with Crippen molar-refractivity contribution in [2.75, 3.05) is 13.1 Å². The predicted octanol–water partition coefficient (Wildman–Crippen LogP) is 1.76. The van der Waals surface area contributed by atoms with E-state index >= 15 is 0 Å². The van der Waals surface area contributed by atoms with Crippen molar-refractivity contribution in [3.8, 4) is 0 Å². The topological polar surface area (TPSA) is 134 Å². The smallest absolute Gasteiger partial charge is 0.251 e. The lowest BCUT2D eigenvalue weighted by Crippen LogP contribution is -2.56. The number of amides is 3. The monoisotopic (exact) mass is 490 g/mol. The molecule has 3 atom stereocenters. The molecule has 0 aliphatic heterocycles. The number of fused-ring (bicyclic) bond motifs is 1. The third kappa shape index (κ3) is 7.37. The summed E-state index contributed by atoms with van der Waals surface area (Å²) in [6.07, 6.45) is -0.655. The lowest BCUT2D eigenvalue weighted by Gasteiger charge is -2.26. The number of hydrogen-bond acceptors (Lipinski definition) is 5. The van der Waals surface area contributed by atoms with E-state index in [1.807, 2.05) is 56.3 Å². The van der Waals surface area contributed by atoms with Gasteiger partial charge in [0.2, 0.25) is 11.8 Å². The van der Waals surface area contributed by atoms with E-state index < -0.39 is 30.0 Å². The van der Waals surface area contributed by atoms with E-state index in [1.165, 1.54) is 0 Å². The van der Waals surface area contributed by atoms with Crippen molar-refractivity contribution in [2.24, 2.45) is 11.7 Å². The van der Waals surface area contributed by atoms with Gasteiger partial charge in [-0.1, -0.05) is 74.5 Å². The van der Waals surface area contributed by atoms with Gasteiger partial charge in [0.15, 0.2) is 0 Å². The van der Waals surface area contributed by atoms with E-state index in [1.54, 1.807) is 30.3 Å². The Balaban J connectivity index is 1.79. The second-order valence-electron chi connectivity index (χ2n) is 9.14. The Bertz CT molecular complexity index is 1180. The molecule has 36 heavy (non-hydrogen) atoms. The first kappa shape index (κ1) is 26.8. The highest BCUT2D eigenvalue weighted by Crippen LogP contribution is 2.17. The summed E-state index contributed by atoms with van der Waals surface area (Å²) in [5.74, 6) is -1.50. The standard InChI is InChI=1S/C28H34N4O4/c1-18(2)25(32-26(34)21-9-4-3-5-10-21)28(36)31-24(27(35)30-17-23(33)16-29)15-19-12-13-20-8-6-7-11-22(20)14-19/h3-14,18,23-25,33H,15-17,29H2,1-2H3,(H,30,35)(H,31,36)(H,32,34). The maximum absolute atomic E-state index is 13.3. The maximum Gasteiger partial charge on any atom is 0.251 e. The normalized spacial score (nSPS) is 13.6. The Kier molecular flexibility index (Phi) is 9.55. The highest BCUT2D eigenvalue weighted by molar-refractivity contribution is 5.98. The average molecular weight is 491 g/mol. The molecule has 0 aliphatic carbocycles. The van der Waals surface area contributed by atoms with Crippen molar-refractivity contribution in [1.29, 1.82) is 0 Å². The van der Waals surface area contributed by atoms with Crippen molar-refractivity contribution in [3.05, 3.63) is 83.9 Å². The van der Waals surface area contributed by atoms with Gasteiger partial charge >= 0.3 is 0 Å². The molecule has 6 N–H and O–H groups in total. The van der Waals surface area contributed by atoms with Crippen LogP contribution in [0, 0.1) is 5.92 Å². The summed E-state index contributed by atoms with van der Waals surface area (Å²) >= 11 is 0. The van der Waals surface area contributed by atoms with Gasteiger partial charge < -0.3 is 26.8 Å². The first-order valence-corrected chi connectivity index (χ1v) is 12.1. The molecule has 8 heteroatoms. The van der Waals surface area contributed by atoms with Crippen LogP contribution in [0.5, 0.6) is 0 Å². The number of carbonyl (C=O) groups is 3. The van der Waals surface area contributed by atoms with Crippen molar-refractivity contribution < 1.29 is 19.5 Å². The summed E-state index contributed by atoms with van der Waals surface area (Å²) in [6, 6.07) is 20.6. The molecule has 190 valence electrons. The summed E-state index contributed by atoms with van der Waals surface area (Å²) < 4.78 is 0. The molecule has 0 radical (unpaired) electrons. The zero-order valence-electron chi connectivity index (χ0n) is 20.6. The van der Waals surface area contributed by atoms with Gasteiger partial charge in [0.1, 0.15) is 12.1 Å². The van der Waals surface area contributed by atoms with E-state index in [4.69, 9.17) is 5.73 Å². The first-order valence-electron chi connectivity index (χ1n) is 12.1. The molecule has 0 saturated heterocycles. The minimum atomic E-state index is -0.918. The Morgan fingerprint density at radius 1 is 0.861 bits per heavy atom. The largest absolute Gasteiger partial charge is 0.390 e. The Morgan fingerprint density at radius 2 is 1.53 bits per heavy atom. The lowest BCUT2D eigenvalue weighted by atomic mass is 9.99. The van der Waals surface area contributed by atoms with Gasteiger partial charge in [-0.25, -0.2) is 0 Å². The molecule has 0 fully saturated rings. The molecule has 0 saturated carbocycles. The summed E-state index contributed by atoms with van der Waals surface area (Å²) in [7, 11) is 0. The van der Waals surface area contributed by atoms with Crippen LogP contribution in [0.4, 0.5) is 0 Å². The molecular formula is C28H34N4O4. The molecule has 3 aromatic rings. The van der Waals surface area contributed by atoms with Crippen molar-refractivity contribution in [2.45, 2.75) is 38.5 Å². The summed E-state index contributed by atoms with van der Waals surface area (Å²) in [4.78, 5) is 39.0. The zero-order valence-corrected chi connectivity index (χ0v) is 20.6. The maximum atomic E-state index is 13.3. The van der Waals surface area contributed by atoms with Crippen molar-refractivity contribution in [1.82, 2.24) is 16.0 Å². The van der Waals surface area contributed by atoms with Gasteiger partial charge in [-0.05, 0) is 34.4 Å². The van der Waals surface area contributed by atoms with E-state index in [2.05, 4.69) is 16.0 Å². The van der Waals surface area contributed by atoms with E-state index in [-0.39, 0.29) is 31.3 Å². The Morgan fingerprint density at radius 3 is 2.19 bits per heavy atom. The van der Waals surface area contributed by atoms with Crippen LogP contribution in [-0.2, 0) is 16.0 Å². The fourth-order valence-corrected chi connectivity index (χ4v) is 3.85. The number of carbonyl (C=O) groups excluding carboxylic acids is 3. The number of nitrogens with two attached hydrogens (primary N) is 1. The third-order valence-corrected chi connectivity index (χ3v) is 5.94. The molecule has 0 spiro atoms. The van der Waals surface area contributed by atoms with Crippen LogP contribution in [0.15, 0.2) is 72.8 Å². The van der Waals surface area contributed by atoms with Crippen molar-refractivity contribution >= 4 is 28.5 Å². The third-order valence-electron chi connectivity index (χ3n) is 5.94. The first-order chi connectivity index (χ1) is 17.3. The minimum absolute atomic E-state index is 0.00290. The Labute approximate surface area is 211 Å². The van der Waals surface area contributed by atoms with Gasteiger partial charge in [-0.15, -0.1) is 0 Å². The molecule has 0 bridgehead atoms. The number of nitrogens with one attached hydrogen (secondary N) is 3. The Hall–Kier alpha value is -3.75. The van der Waals surface area contributed by atoms with Gasteiger partial charge in [0.05, 0.1) is 6.10 Å². The number of rotatable bonds is 11. The molecule has 3 amide bonds. The van der Waals surface area contributed by atoms with Crippen LogP contribution < -0.4 is 21.7 Å². The van der Waals surface area contributed by atoms with Crippen LogP contribution >= 0.6 is 0 Å². The molecule has 3 unspecified atom stereocenters. The highest BCUT2D eigenvalue weighted by Gasteiger charge is 2.29. The fraction of sp³-hybridized carbons (Fsp3) is 0.321. The number of aliphatic hydroxyl groups is 1.